The molecule has 0 aliphatic carbocycles. The fraction of sp³-hybridized carbons (Fsp3) is 0.625. The number of benzene rings is 1. The lowest BCUT2D eigenvalue weighted by Gasteiger charge is -2.20. The van der Waals surface area contributed by atoms with Crippen molar-refractivity contribution >= 4 is 0 Å². The quantitative estimate of drug-likeness (QED) is 0.827. The van der Waals surface area contributed by atoms with Crippen LogP contribution < -0.4 is 5.32 Å². The zero-order valence-electron chi connectivity index (χ0n) is 12.0. The molecule has 1 heterocycles. The lowest BCUT2D eigenvalue weighted by atomic mass is 9.99. The van der Waals surface area contributed by atoms with Crippen LogP contribution in [0.4, 0.5) is 8.78 Å². The van der Waals surface area contributed by atoms with E-state index in [1.807, 2.05) is 6.92 Å². The molecule has 0 amide bonds. The Balaban J connectivity index is 1.91. The van der Waals surface area contributed by atoms with E-state index in [9.17, 15) is 8.78 Å². The van der Waals surface area contributed by atoms with Crippen LogP contribution in [0.3, 0.4) is 0 Å². The highest BCUT2D eigenvalue weighted by molar-refractivity contribution is 5.19. The van der Waals surface area contributed by atoms with Crippen LogP contribution in [0.25, 0.3) is 0 Å². The van der Waals surface area contributed by atoms with Gasteiger partial charge >= 0.3 is 0 Å². The van der Waals surface area contributed by atoms with Gasteiger partial charge in [-0.2, -0.15) is 0 Å². The van der Waals surface area contributed by atoms with E-state index in [4.69, 9.17) is 4.74 Å². The van der Waals surface area contributed by atoms with Crippen molar-refractivity contribution < 1.29 is 13.5 Å². The van der Waals surface area contributed by atoms with Gasteiger partial charge in [-0.15, -0.1) is 0 Å². The molecular weight excluding hydrogens is 260 g/mol. The Bertz CT molecular complexity index is 419. The molecule has 1 saturated heterocycles. The van der Waals surface area contributed by atoms with E-state index in [1.165, 1.54) is 12.1 Å². The Morgan fingerprint density at radius 1 is 1.40 bits per heavy atom. The third-order valence-corrected chi connectivity index (χ3v) is 3.83. The molecule has 1 N–H and O–H groups in total. The molecule has 2 rings (SSSR count). The summed E-state index contributed by atoms with van der Waals surface area (Å²) in [4.78, 5) is 0. The van der Waals surface area contributed by atoms with Crippen LogP contribution >= 0.6 is 0 Å². The molecule has 0 bridgehead atoms. The second kappa shape index (κ2) is 7.70. The fourth-order valence-electron chi connectivity index (χ4n) is 2.79. The summed E-state index contributed by atoms with van der Waals surface area (Å²) in [6.45, 7) is 3.71. The summed E-state index contributed by atoms with van der Waals surface area (Å²) in [5, 5.41) is 3.36. The average Bonchev–Trinajstić information content (AvgIpc) is 2.93. The van der Waals surface area contributed by atoms with Crippen LogP contribution in [0.15, 0.2) is 18.2 Å². The van der Waals surface area contributed by atoms with Gasteiger partial charge in [-0.3, -0.25) is 0 Å². The zero-order chi connectivity index (χ0) is 14.4. The van der Waals surface area contributed by atoms with Gasteiger partial charge in [0.15, 0.2) is 0 Å². The highest BCUT2D eigenvalue weighted by atomic mass is 19.1. The van der Waals surface area contributed by atoms with E-state index in [0.717, 1.165) is 44.9 Å². The van der Waals surface area contributed by atoms with Crippen molar-refractivity contribution in [3.63, 3.8) is 0 Å². The molecule has 2 atom stereocenters. The topological polar surface area (TPSA) is 21.3 Å². The SMILES string of the molecule is CCNC(CCC1CCCO1)Cc1cc(F)ccc1F. The summed E-state index contributed by atoms with van der Waals surface area (Å²) >= 11 is 0. The lowest BCUT2D eigenvalue weighted by Crippen LogP contribution is -2.32. The van der Waals surface area contributed by atoms with Gasteiger partial charge in [-0.1, -0.05) is 6.92 Å². The highest BCUT2D eigenvalue weighted by Crippen LogP contribution is 2.20. The maximum atomic E-state index is 13.7. The van der Waals surface area contributed by atoms with Crippen molar-refractivity contribution in [3.05, 3.63) is 35.4 Å². The molecule has 0 aromatic heterocycles. The Hall–Kier alpha value is -1.00. The summed E-state index contributed by atoms with van der Waals surface area (Å²) < 4.78 is 32.5. The van der Waals surface area contributed by atoms with E-state index in [2.05, 4.69) is 5.32 Å². The van der Waals surface area contributed by atoms with Crippen molar-refractivity contribution in [1.82, 2.24) is 5.32 Å². The van der Waals surface area contributed by atoms with Crippen LogP contribution in [0, 0.1) is 11.6 Å². The van der Waals surface area contributed by atoms with Gasteiger partial charge < -0.3 is 10.1 Å². The van der Waals surface area contributed by atoms with Crippen molar-refractivity contribution in [3.8, 4) is 0 Å². The van der Waals surface area contributed by atoms with Crippen molar-refractivity contribution in [2.45, 2.75) is 51.2 Å². The zero-order valence-corrected chi connectivity index (χ0v) is 12.0. The molecule has 1 aromatic carbocycles. The molecular formula is C16H23F2NO. The first kappa shape index (κ1) is 15.4. The van der Waals surface area contributed by atoms with Gasteiger partial charge in [-0.25, -0.2) is 8.78 Å². The molecule has 20 heavy (non-hydrogen) atoms. The van der Waals surface area contributed by atoms with Crippen LogP contribution in [0.1, 0.15) is 38.2 Å². The van der Waals surface area contributed by atoms with Crippen LogP contribution in [0.5, 0.6) is 0 Å². The average molecular weight is 283 g/mol. The highest BCUT2D eigenvalue weighted by Gasteiger charge is 2.18. The first-order valence-corrected chi connectivity index (χ1v) is 7.48. The minimum atomic E-state index is -0.379. The molecule has 4 heteroatoms. The minimum absolute atomic E-state index is 0.167. The molecule has 2 unspecified atom stereocenters. The number of nitrogens with one attached hydrogen (secondary N) is 1. The fourth-order valence-corrected chi connectivity index (χ4v) is 2.79. The first-order chi connectivity index (χ1) is 9.69. The molecule has 0 spiro atoms. The van der Waals surface area contributed by atoms with Crippen LogP contribution in [-0.2, 0) is 11.2 Å². The molecule has 0 saturated carbocycles. The lowest BCUT2D eigenvalue weighted by molar-refractivity contribution is 0.0996. The third kappa shape index (κ3) is 4.53. The summed E-state index contributed by atoms with van der Waals surface area (Å²) in [5.41, 5.74) is 0.447. The van der Waals surface area contributed by atoms with Crippen LogP contribution in [0.2, 0.25) is 0 Å². The number of likely N-dealkylation sites (N-methyl/N-ethyl adjacent to an activating group) is 1. The second-order valence-electron chi connectivity index (χ2n) is 5.41. The second-order valence-corrected chi connectivity index (χ2v) is 5.41. The normalized spacial score (nSPS) is 20.2. The molecule has 1 aliphatic heterocycles. The molecule has 112 valence electrons. The largest absolute Gasteiger partial charge is 0.378 e. The molecule has 1 aromatic rings. The number of ether oxygens (including phenoxy) is 1. The monoisotopic (exact) mass is 283 g/mol. The Morgan fingerprint density at radius 3 is 2.95 bits per heavy atom. The Labute approximate surface area is 119 Å². The predicted molar refractivity (Wildman–Crippen MR) is 75.7 cm³/mol. The molecule has 2 nitrogen and oxygen atoms in total. The summed E-state index contributed by atoms with van der Waals surface area (Å²) in [6.07, 6.45) is 5.02. The van der Waals surface area contributed by atoms with Crippen LogP contribution in [-0.4, -0.2) is 25.3 Å². The maximum Gasteiger partial charge on any atom is 0.126 e. The van der Waals surface area contributed by atoms with E-state index >= 15 is 0 Å². The summed E-state index contributed by atoms with van der Waals surface area (Å²) in [6, 6.07) is 3.83. The standard InChI is InChI=1S/C16H23F2NO/c1-2-19-14(6-7-15-4-3-9-20-15)11-12-10-13(17)5-8-16(12)18/h5,8,10,14-15,19H,2-4,6-7,9,11H2,1H3. The maximum absolute atomic E-state index is 13.7. The van der Waals surface area contributed by atoms with Gasteiger partial charge in [0.25, 0.3) is 0 Å². The molecule has 0 radical (unpaired) electrons. The van der Waals surface area contributed by atoms with E-state index in [-0.39, 0.29) is 17.7 Å². The van der Waals surface area contributed by atoms with E-state index in [0.29, 0.717) is 18.1 Å². The van der Waals surface area contributed by atoms with Crippen molar-refractivity contribution in [1.29, 1.82) is 0 Å². The predicted octanol–water partition coefficient (Wildman–Crippen LogP) is 3.44. The van der Waals surface area contributed by atoms with Gasteiger partial charge in [0, 0.05) is 12.6 Å². The minimum Gasteiger partial charge on any atom is -0.378 e. The molecule has 1 fully saturated rings. The van der Waals surface area contributed by atoms with Crippen molar-refractivity contribution in [2.24, 2.45) is 0 Å². The number of hydrogen-bond acceptors (Lipinski definition) is 2. The molecule has 1 aliphatic rings. The van der Waals surface area contributed by atoms with Gasteiger partial charge in [-0.05, 0) is 62.4 Å². The summed E-state index contributed by atoms with van der Waals surface area (Å²) in [7, 11) is 0. The Morgan fingerprint density at radius 2 is 2.25 bits per heavy atom. The van der Waals surface area contributed by atoms with Gasteiger partial charge in [0.1, 0.15) is 11.6 Å². The number of hydrogen-bond donors (Lipinski definition) is 1. The van der Waals surface area contributed by atoms with E-state index < -0.39 is 0 Å². The summed E-state index contributed by atoms with van der Waals surface area (Å²) in [5.74, 6) is -0.706. The first-order valence-electron chi connectivity index (χ1n) is 7.48. The van der Waals surface area contributed by atoms with E-state index in [1.54, 1.807) is 0 Å². The van der Waals surface area contributed by atoms with Gasteiger partial charge in [0.2, 0.25) is 0 Å². The smallest absolute Gasteiger partial charge is 0.126 e. The van der Waals surface area contributed by atoms with Gasteiger partial charge in [0.05, 0.1) is 6.10 Å². The van der Waals surface area contributed by atoms with Crippen molar-refractivity contribution in [2.75, 3.05) is 13.2 Å². The Kier molecular flexibility index (Phi) is 5.92. The third-order valence-electron chi connectivity index (χ3n) is 3.83. The number of rotatable bonds is 7. The number of halogens is 2.